The summed E-state index contributed by atoms with van der Waals surface area (Å²) < 4.78 is 19.3. The third-order valence-corrected chi connectivity index (χ3v) is 9.51. The molecule has 0 radical (unpaired) electrons. The molecule has 39 heavy (non-hydrogen) atoms. The second-order valence-corrected chi connectivity index (χ2v) is 11.3. The summed E-state index contributed by atoms with van der Waals surface area (Å²) in [6.07, 6.45) is 2.39. The van der Waals surface area contributed by atoms with Crippen molar-refractivity contribution in [1.82, 2.24) is 4.90 Å². The number of nitrogens with zero attached hydrogens (tertiary/aromatic N) is 2. The average molecular weight is 553 g/mol. The SMILES string of the molecule is COc1cccc(C2C3=CCC4C(=O)N(C)C(=O)C4C3CC3C(=O)N(c4ccc(F)c(Cl)c4)C(=O)C32C)c1O. The average Bonchev–Trinajstić information content (AvgIpc) is 3.26. The Morgan fingerprint density at radius 2 is 1.82 bits per heavy atom. The zero-order valence-corrected chi connectivity index (χ0v) is 22.2. The molecular formula is C29H26ClFN2O6. The molecule has 2 aromatic rings. The van der Waals surface area contributed by atoms with Gasteiger partial charge in [0.05, 0.1) is 41.0 Å². The molecule has 3 fully saturated rings. The van der Waals surface area contributed by atoms with Crippen molar-refractivity contribution in [3.05, 3.63) is 64.5 Å². The lowest BCUT2D eigenvalue weighted by molar-refractivity contribution is -0.138. The first kappa shape index (κ1) is 25.6. The third-order valence-electron chi connectivity index (χ3n) is 9.22. The van der Waals surface area contributed by atoms with Gasteiger partial charge in [0.2, 0.25) is 23.6 Å². The van der Waals surface area contributed by atoms with E-state index >= 15 is 0 Å². The Balaban J connectivity index is 1.56. The van der Waals surface area contributed by atoms with Gasteiger partial charge in [-0.1, -0.05) is 35.4 Å². The summed E-state index contributed by atoms with van der Waals surface area (Å²) >= 11 is 6.00. The molecule has 1 N–H and O–H groups in total. The largest absolute Gasteiger partial charge is 0.504 e. The lowest BCUT2D eigenvalue weighted by Gasteiger charge is -2.49. The summed E-state index contributed by atoms with van der Waals surface area (Å²) in [5.74, 6) is -5.59. The number of likely N-dealkylation sites (tertiary alicyclic amines) is 1. The Morgan fingerprint density at radius 1 is 1.08 bits per heavy atom. The van der Waals surface area contributed by atoms with Crippen molar-refractivity contribution < 1.29 is 33.4 Å². The van der Waals surface area contributed by atoms with E-state index in [0.717, 1.165) is 21.4 Å². The molecule has 202 valence electrons. The lowest BCUT2D eigenvalue weighted by atomic mass is 9.51. The van der Waals surface area contributed by atoms with Crippen molar-refractivity contribution in [1.29, 1.82) is 0 Å². The number of para-hydroxylation sites is 1. The number of phenolic OH excluding ortho intramolecular Hbond substituents is 1. The number of amides is 4. The third kappa shape index (κ3) is 3.28. The van der Waals surface area contributed by atoms with Crippen LogP contribution >= 0.6 is 11.6 Å². The van der Waals surface area contributed by atoms with Crippen LogP contribution in [0.5, 0.6) is 11.5 Å². The van der Waals surface area contributed by atoms with E-state index < -0.39 is 52.6 Å². The molecule has 4 aliphatic rings. The van der Waals surface area contributed by atoms with E-state index in [1.54, 1.807) is 25.1 Å². The van der Waals surface area contributed by atoms with Gasteiger partial charge in [-0.2, -0.15) is 0 Å². The molecule has 1 saturated carbocycles. The summed E-state index contributed by atoms with van der Waals surface area (Å²) in [5.41, 5.74) is -0.0758. The topological polar surface area (TPSA) is 104 Å². The number of phenols is 1. The van der Waals surface area contributed by atoms with Gasteiger partial charge in [0.25, 0.3) is 0 Å². The van der Waals surface area contributed by atoms with Gasteiger partial charge in [-0.05, 0) is 49.9 Å². The number of imide groups is 2. The van der Waals surface area contributed by atoms with Crippen molar-refractivity contribution in [3.8, 4) is 11.5 Å². The van der Waals surface area contributed by atoms with Crippen molar-refractivity contribution in [2.75, 3.05) is 19.1 Å². The van der Waals surface area contributed by atoms with Gasteiger partial charge in [0, 0.05) is 18.5 Å². The number of ether oxygens (including phenoxy) is 1. The van der Waals surface area contributed by atoms with Crippen molar-refractivity contribution in [2.45, 2.75) is 25.7 Å². The Bertz CT molecular complexity index is 1510. The van der Waals surface area contributed by atoms with E-state index in [0.29, 0.717) is 12.0 Å². The van der Waals surface area contributed by atoms with Crippen LogP contribution in [0.2, 0.25) is 5.02 Å². The number of allylic oxidation sites excluding steroid dienone is 2. The van der Waals surface area contributed by atoms with Crippen LogP contribution in [0.15, 0.2) is 48.0 Å². The van der Waals surface area contributed by atoms with Crippen LogP contribution in [0.4, 0.5) is 10.1 Å². The maximum Gasteiger partial charge on any atom is 0.241 e. The Labute approximate surface area is 229 Å². The smallest absolute Gasteiger partial charge is 0.241 e. The summed E-state index contributed by atoms with van der Waals surface area (Å²) in [7, 11) is 2.88. The molecular weight excluding hydrogens is 527 g/mol. The fourth-order valence-electron chi connectivity index (χ4n) is 7.32. The highest BCUT2D eigenvalue weighted by atomic mass is 35.5. The summed E-state index contributed by atoms with van der Waals surface area (Å²) in [4.78, 5) is 56.6. The molecule has 8 nitrogen and oxygen atoms in total. The molecule has 4 amide bonds. The summed E-state index contributed by atoms with van der Waals surface area (Å²) in [6, 6.07) is 8.63. The monoisotopic (exact) mass is 552 g/mol. The van der Waals surface area contributed by atoms with Crippen LogP contribution in [-0.4, -0.2) is 47.8 Å². The fraction of sp³-hybridized carbons (Fsp3) is 0.379. The van der Waals surface area contributed by atoms with E-state index in [1.165, 1.54) is 26.3 Å². The van der Waals surface area contributed by atoms with Gasteiger partial charge in [0.1, 0.15) is 5.82 Å². The van der Waals surface area contributed by atoms with E-state index in [4.69, 9.17) is 16.3 Å². The predicted octanol–water partition coefficient (Wildman–Crippen LogP) is 4.05. The van der Waals surface area contributed by atoms with Crippen LogP contribution in [0.25, 0.3) is 0 Å². The van der Waals surface area contributed by atoms with Crippen LogP contribution in [0.1, 0.15) is 31.2 Å². The number of rotatable bonds is 3. The molecule has 0 spiro atoms. The van der Waals surface area contributed by atoms with Crippen molar-refractivity contribution >= 4 is 40.9 Å². The highest BCUT2D eigenvalue weighted by Gasteiger charge is 2.67. The quantitative estimate of drug-likeness (QED) is 0.455. The molecule has 2 saturated heterocycles. The fourth-order valence-corrected chi connectivity index (χ4v) is 7.50. The Hall–Kier alpha value is -3.72. The minimum Gasteiger partial charge on any atom is -0.504 e. The van der Waals surface area contributed by atoms with E-state index in [2.05, 4.69) is 0 Å². The molecule has 2 aliphatic heterocycles. The van der Waals surface area contributed by atoms with Gasteiger partial charge in [-0.15, -0.1) is 0 Å². The second-order valence-electron chi connectivity index (χ2n) is 10.9. The number of fused-ring (bicyclic) bond motifs is 4. The van der Waals surface area contributed by atoms with Gasteiger partial charge in [-0.3, -0.25) is 24.1 Å². The highest BCUT2D eigenvalue weighted by Crippen LogP contribution is 2.64. The first-order valence-corrected chi connectivity index (χ1v) is 13.1. The van der Waals surface area contributed by atoms with Crippen molar-refractivity contribution in [2.24, 2.45) is 29.1 Å². The van der Waals surface area contributed by atoms with Crippen LogP contribution in [0, 0.1) is 34.9 Å². The number of hydrogen-bond donors (Lipinski definition) is 1. The van der Waals surface area contributed by atoms with Gasteiger partial charge in [0.15, 0.2) is 11.5 Å². The molecule has 0 aromatic heterocycles. The number of hydrogen-bond acceptors (Lipinski definition) is 6. The van der Waals surface area contributed by atoms with Crippen LogP contribution in [-0.2, 0) is 19.2 Å². The zero-order valence-electron chi connectivity index (χ0n) is 21.5. The van der Waals surface area contributed by atoms with Gasteiger partial charge >= 0.3 is 0 Å². The first-order chi connectivity index (χ1) is 18.5. The first-order valence-electron chi connectivity index (χ1n) is 12.7. The Kier molecular flexibility index (Phi) is 5.66. The van der Waals surface area contributed by atoms with Crippen LogP contribution < -0.4 is 9.64 Å². The molecule has 6 atom stereocenters. The minimum atomic E-state index is -1.35. The number of methoxy groups -OCH3 is 1. The minimum absolute atomic E-state index is 0.141. The second kappa shape index (κ2) is 8.64. The molecule has 0 bridgehead atoms. The maximum atomic E-state index is 14.3. The molecule has 6 unspecified atom stereocenters. The van der Waals surface area contributed by atoms with E-state index in [9.17, 15) is 28.7 Å². The highest BCUT2D eigenvalue weighted by molar-refractivity contribution is 6.31. The number of aromatic hydroxyl groups is 1. The predicted molar refractivity (Wildman–Crippen MR) is 138 cm³/mol. The van der Waals surface area contributed by atoms with E-state index in [1.807, 2.05) is 6.08 Å². The molecule has 2 aromatic carbocycles. The number of carbonyl (C=O) groups excluding carboxylic acids is 4. The van der Waals surface area contributed by atoms with Gasteiger partial charge in [-0.25, -0.2) is 9.29 Å². The number of carbonyl (C=O) groups is 4. The number of benzene rings is 2. The molecule has 2 aliphatic carbocycles. The van der Waals surface area contributed by atoms with Gasteiger partial charge < -0.3 is 9.84 Å². The lowest BCUT2D eigenvalue weighted by Crippen LogP contribution is -2.48. The van der Waals surface area contributed by atoms with Crippen molar-refractivity contribution in [3.63, 3.8) is 0 Å². The Morgan fingerprint density at radius 3 is 2.51 bits per heavy atom. The maximum absolute atomic E-state index is 14.3. The normalized spacial score (nSPS) is 31.7. The zero-order chi connectivity index (χ0) is 28.0. The standard InChI is InChI=1S/C29H26ClFN2O6/c1-29-18(26(36)33(28(29)38)13-7-10-20(31)19(30)11-13)12-17-14(8-9-15-22(17)27(37)32(2)25(15)35)23(29)16-5-4-6-21(39-3)24(16)34/h4-8,10-11,15,17-18,22-23,34H,9,12H2,1-3H3. The number of anilines is 1. The van der Waals surface area contributed by atoms with Crippen LogP contribution in [0.3, 0.4) is 0 Å². The summed E-state index contributed by atoms with van der Waals surface area (Å²) in [5, 5.41) is 11.0. The molecule has 6 rings (SSSR count). The molecule has 2 heterocycles. The summed E-state index contributed by atoms with van der Waals surface area (Å²) in [6.45, 7) is 1.70. The van der Waals surface area contributed by atoms with E-state index in [-0.39, 0.29) is 40.4 Å². The number of halogens is 2. The molecule has 10 heteroatoms.